The molecule has 0 bridgehead atoms. The minimum Gasteiger partial charge on any atom is -0.0843 e. The van der Waals surface area contributed by atoms with E-state index in [0.717, 1.165) is 5.02 Å². The fraction of sp³-hybridized carbons (Fsp3) is 0.273. The van der Waals surface area contributed by atoms with E-state index >= 15 is 0 Å². The van der Waals surface area contributed by atoms with Crippen LogP contribution < -0.4 is 0 Å². The van der Waals surface area contributed by atoms with Crippen molar-refractivity contribution in [1.29, 1.82) is 0 Å². The van der Waals surface area contributed by atoms with Crippen LogP contribution in [0.3, 0.4) is 0 Å². The fourth-order valence-electron chi connectivity index (χ4n) is 5.75. The van der Waals surface area contributed by atoms with Crippen LogP contribution in [0.15, 0.2) is 91.0 Å². The van der Waals surface area contributed by atoms with E-state index in [0.29, 0.717) is 0 Å². The molecule has 0 aliphatic heterocycles. The number of hydrogen-bond acceptors (Lipinski definition) is 0. The molecular formula is C33H33Cl. The molecular weight excluding hydrogens is 432 g/mol. The smallest absolute Gasteiger partial charge is 0.0713 e. The van der Waals surface area contributed by atoms with Gasteiger partial charge in [0.2, 0.25) is 0 Å². The monoisotopic (exact) mass is 464 g/mol. The van der Waals surface area contributed by atoms with Crippen molar-refractivity contribution in [2.24, 2.45) is 0 Å². The average molecular weight is 465 g/mol. The Hall–Kier alpha value is -2.83. The molecule has 0 radical (unpaired) electrons. The standard InChI is InChI=1S/C33H33Cl/c1-31(2,3)29-20-26-25-19-24(34)17-18-27(25)33(22-13-9-7-10-14-22,23-15-11-8-12-16-23)28(26)21-30(29)32(4,5)6/h7-21H,1-6H3. The van der Waals surface area contributed by atoms with Crippen LogP contribution in [0.4, 0.5) is 0 Å². The van der Waals surface area contributed by atoms with Gasteiger partial charge in [0.05, 0.1) is 5.41 Å². The highest BCUT2D eigenvalue weighted by Crippen LogP contribution is 2.58. The highest BCUT2D eigenvalue weighted by molar-refractivity contribution is 6.31. The number of fused-ring (bicyclic) bond motifs is 3. The van der Waals surface area contributed by atoms with Gasteiger partial charge in [-0.25, -0.2) is 0 Å². The molecule has 0 heterocycles. The summed E-state index contributed by atoms with van der Waals surface area (Å²) in [5, 5.41) is 0.777. The van der Waals surface area contributed by atoms with Crippen molar-refractivity contribution in [2.75, 3.05) is 0 Å². The van der Waals surface area contributed by atoms with Crippen molar-refractivity contribution >= 4 is 11.6 Å². The topological polar surface area (TPSA) is 0 Å². The molecule has 4 aromatic carbocycles. The van der Waals surface area contributed by atoms with E-state index in [2.05, 4.69) is 126 Å². The average Bonchev–Trinajstić information content (AvgIpc) is 3.08. The molecule has 0 unspecified atom stereocenters. The van der Waals surface area contributed by atoms with Gasteiger partial charge in [-0.2, -0.15) is 0 Å². The Balaban J connectivity index is 2.01. The molecule has 0 aromatic heterocycles. The zero-order valence-corrected chi connectivity index (χ0v) is 21.8. The third-order valence-electron chi connectivity index (χ3n) is 7.27. The molecule has 1 aliphatic carbocycles. The van der Waals surface area contributed by atoms with Gasteiger partial charge in [0.1, 0.15) is 0 Å². The van der Waals surface area contributed by atoms with Gasteiger partial charge in [0.25, 0.3) is 0 Å². The van der Waals surface area contributed by atoms with E-state index in [9.17, 15) is 0 Å². The molecule has 4 aromatic rings. The van der Waals surface area contributed by atoms with Crippen LogP contribution in [0, 0.1) is 0 Å². The maximum absolute atomic E-state index is 6.61. The molecule has 0 N–H and O–H groups in total. The van der Waals surface area contributed by atoms with E-state index in [1.165, 1.54) is 44.5 Å². The summed E-state index contributed by atoms with van der Waals surface area (Å²) in [5.41, 5.74) is 10.2. The number of halogens is 1. The Bertz CT molecular complexity index is 1310. The first-order chi connectivity index (χ1) is 16.0. The molecule has 34 heavy (non-hydrogen) atoms. The summed E-state index contributed by atoms with van der Waals surface area (Å²) in [4.78, 5) is 0. The third-order valence-corrected chi connectivity index (χ3v) is 7.50. The molecule has 1 aliphatic rings. The van der Waals surface area contributed by atoms with Gasteiger partial charge in [-0.05, 0) is 73.5 Å². The Morgan fingerprint density at radius 2 is 1.00 bits per heavy atom. The molecule has 0 spiro atoms. The highest BCUT2D eigenvalue weighted by atomic mass is 35.5. The second kappa shape index (κ2) is 7.85. The molecule has 0 fully saturated rings. The Kier molecular flexibility index (Phi) is 5.30. The summed E-state index contributed by atoms with van der Waals surface area (Å²) in [7, 11) is 0. The molecule has 0 saturated heterocycles. The quantitative estimate of drug-likeness (QED) is 0.244. The summed E-state index contributed by atoms with van der Waals surface area (Å²) >= 11 is 6.61. The Labute approximate surface area is 209 Å². The number of rotatable bonds is 2. The predicted octanol–water partition coefficient (Wildman–Crippen LogP) is 9.30. The number of hydrogen-bond donors (Lipinski definition) is 0. The summed E-state index contributed by atoms with van der Waals surface area (Å²) in [6.07, 6.45) is 0. The van der Waals surface area contributed by atoms with E-state index in [1.807, 2.05) is 6.07 Å². The van der Waals surface area contributed by atoms with Crippen molar-refractivity contribution in [3.8, 4) is 11.1 Å². The summed E-state index contributed by atoms with van der Waals surface area (Å²) in [5.74, 6) is 0. The number of benzene rings is 4. The lowest BCUT2D eigenvalue weighted by molar-refractivity contribution is 0.529. The normalized spacial score (nSPS) is 14.6. The first-order valence-electron chi connectivity index (χ1n) is 12.2. The second-order valence-electron chi connectivity index (χ2n) is 11.6. The maximum Gasteiger partial charge on any atom is 0.0713 e. The Morgan fingerprint density at radius 1 is 0.529 bits per heavy atom. The lowest BCUT2D eigenvalue weighted by Gasteiger charge is -2.36. The van der Waals surface area contributed by atoms with Gasteiger partial charge in [-0.1, -0.05) is 126 Å². The van der Waals surface area contributed by atoms with Crippen LogP contribution in [0.2, 0.25) is 5.02 Å². The SMILES string of the molecule is CC(C)(C)c1cc2c(cc1C(C)(C)C)C(c1ccccc1)(c1ccccc1)c1ccc(Cl)cc1-2. The van der Waals surface area contributed by atoms with Crippen molar-refractivity contribution in [1.82, 2.24) is 0 Å². The van der Waals surface area contributed by atoms with Crippen molar-refractivity contribution in [3.63, 3.8) is 0 Å². The van der Waals surface area contributed by atoms with E-state index in [1.54, 1.807) is 0 Å². The van der Waals surface area contributed by atoms with Crippen LogP contribution in [0.1, 0.15) is 74.9 Å². The lowest BCUT2D eigenvalue weighted by atomic mass is 9.66. The Morgan fingerprint density at radius 3 is 1.50 bits per heavy atom. The van der Waals surface area contributed by atoms with Gasteiger partial charge < -0.3 is 0 Å². The van der Waals surface area contributed by atoms with Crippen LogP contribution in [0.5, 0.6) is 0 Å². The zero-order chi connectivity index (χ0) is 24.3. The van der Waals surface area contributed by atoms with Crippen LogP contribution >= 0.6 is 11.6 Å². The zero-order valence-electron chi connectivity index (χ0n) is 21.0. The van der Waals surface area contributed by atoms with Crippen molar-refractivity contribution in [2.45, 2.75) is 57.8 Å². The van der Waals surface area contributed by atoms with Crippen LogP contribution in [-0.4, -0.2) is 0 Å². The van der Waals surface area contributed by atoms with E-state index in [4.69, 9.17) is 11.6 Å². The van der Waals surface area contributed by atoms with Crippen LogP contribution in [-0.2, 0) is 16.2 Å². The minimum atomic E-state index is -0.395. The summed E-state index contributed by atoms with van der Waals surface area (Å²) in [6, 6.07) is 33.3. The van der Waals surface area contributed by atoms with Crippen LogP contribution in [0.25, 0.3) is 11.1 Å². The first kappa shape index (κ1) is 22.9. The molecule has 0 amide bonds. The van der Waals surface area contributed by atoms with Gasteiger partial charge in [0.15, 0.2) is 0 Å². The minimum absolute atomic E-state index is 0.0170. The van der Waals surface area contributed by atoms with Crippen molar-refractivity contribution in [3.05, 3.63) is 129 Å². The summed E-state index contributed by atoms with van der Waals surface area (Å²) < 4.78 is 0. The molecule has 1 heteroatoms. The largest absolute Gasteiger partial charge is 0.0843 e. The molecule has 0 atom stereocenters. The molecule has 0 saturated carbocycles. The van der Waals surface area contributed by atoms with E-state index in [-0.39, 0.29) is 10.8 Å². The van der Waals surface area contributed by atoms with Gasteiger partial charge in [-0.15, -0.1) is 0 Å². The van der Waals surface area contributed by atoms with Gasteiger partial charge in [-0.3, -0.25) is 0 Å². The highest BCUT2D eigenvalue weighted by Gasteiger charge is 2.47. The fourth-order valence-corrected chi connectivity index (χ4v) is 5.92. The van der Waals surface area contributed by atoms with Gasteiger partial charge in [0, 0.05) is 5.02 Å². The predicted molar refractivity (Wildman–Crippen MR) is 146 cm³/mol. The molecule has 172 valence electrons. The third kappa shape index (κ3) is 3.43. The maximum atomic E-state index is 6.61. The van der Waals surface area contributed by atoms with E-state index < -0.39 is 5.41 Å². The second-order valence-corrected chi connectivity index (χ2v) is 12.1. The summed E-state index contributed by atoms with van der Waals surface area (Å²) in [6.45, 7) is 13.9. The molecule has 0 nitrogen and oxygen atoms in total. The van der Waals surface area contributed by atoms with Crippen molar-refractivity contribution < 1.29 is 0 Å². The van der Waals surface area contributed by atoms with Gasteiger partial charge >= 0.3 is 0 Å². The first-order valence-corrected chi connectivity index (χ1v) is 12.5. The lowest BCUT2D eigenvalue weighted by Crippen LogP contribution is -2.30. The molecule has 5 rings (SSSR count).